The average molecular weight is 338 g/mol. The van der Waals surface area contributed by atoms with Crippen LogP contribution in [0, 0.1) is 25.2 Å². The van der Waals surface area contributed by atoms with Crippen molar-refractivity contribution in [1.29, 1.82) is 0 Å². The molecular weight excluding hydrogens is 314 g/mol. The van der Waals surface area contributed by atoms with E-state index in [1.807, 2.05) is 13.8 Å². The number of halogens is 1. The molecule has 1 aliphatic carbocycles. The van der Waals surface area contributed by atoms with Gasteiger partial charge in [0.05, 0.1) is 0 Å². The van der Waals surface area contributed by atoms with E-state index in [-0.39, 0.29) is 17.2 Å². The molecule has 1 fully saturated rings. The highest BCUT2D eigenvalue weighted by Crippen LogP contribution is 2.41. The maximum atomic E-state index is 12.6. The Bertz CT molecular complexity index is 499. The molecule has 0 spiro atoms. The number of hydrogen-bond acceptors (Lipinski definition) is 1. The highest BCUT2D eigenvalue weighted by Gasteiger charge is 2.37. The number of carbonyl (C=O) groups is 1. The molecule has 110 valence electrons. The minimum atomic E-state index is 0.111. The maximum absolute atomic E-state index is 12.6. The Morgan fingerprint density at radius 3 is 2.40 bits per heavy atom. The van der Waals surface area contributed by atoms with Gasteiger partial charge in [-0.05, 0) is 55.4 Å². The fourth-order valence-electron chi connectivity index (χ4n) is 3.30. The molecule has 0 heterocycles. The second kappa shape index (κ2) is 5.88. The first-order valence-electron chi connectivity index (χ1n) is 7.39. The Kier molecular flexibility index (Phi) is 4.58. The van der Waals surface area contributed by atoms with Gasteiger partial charge in [0, 0.05) is 16.1 Å². The van der Waals surface area contributed by atoms with Crippen LogP contribution < -0.4 is 5.32 Å². The zero-order chi connectivity index (χ0) is 14.9. The minimum absolute atomic E-state index is 0.111. The van der Waals surface area contributed by atoms with Gasteiger partial charge in [0.2, 0.25) is 5.91 Å². The highest BCUT2D eigenvalue weighted by molar-refractivity contribution is 9.10. The summed E-state index contributed by atoms with van der Waals surface area (Å²) in [4.78, 5) is 12.6. The molecule has 1 atom stereocenters. The molecule has 1 unspecified atom stereocenters. The third kappa shape index (κ3) is 3.25. The summed E-state index contributed by atoms with van der Waals surface area (Å²) in [6.07, 6.45) is 4.56. The summed E-state index contributed by atoms with van der Waals surface area (Å²) in [5.41, 5.74) is 3.30. The van der Waals surface area contributed by atoms with Crippen LogP contribution in [0.1, 0.15) is 50.7 Å². The first kappa shape index (κ1) is 15.6. The number of carbonyl (C=O) groups excluding carboxylic acids is 1. The van der Waals surface area contributed by atoms with Crippen molar-refractivity contribution in [2.75, 3.05) is 5.32 Å². The van der Waals surface area contributed by atoms with Crippen LogP contribution >= 0.6 is 15.9 Å². The van der Waals surface area contributed by atoms with Crippen molar-refractivity contribution >= 4 is 27.5 Å². The van der Waals surface area contributed by atoms with E-state index in [2.05, 4.69) is 47.2 Å². The van der Waals surface area contributed by atoms with Gasteiger partial charge in [-0.3, -0.25) is 4.79 Å². The summed E-state index contributed by atoms with van der Waals surface area (Å²) in [6.45, 7) is 8.52. The van der Waals surface area contributed by atoms with Crippen LogP contribution in [0.5, 0.6) is 0 Å². The summed E-state index contributed by atoms with van der Waals surface area (Å²) < 4.78 is 1.06. The lowest BCUT2D eigenvalue weighted by atomic mass is 9.68. The maximum Gasteiger partial charge on any atom is 0.228 e. The molecular formula is C17H24BrNO. The fourth-order valence-corrected chi connectivity index (χ4v) is 3.98. The van der Waals surface area contributed by atoms with E-state index in [9.17, 15) is 4.79 Å². The average Bonchev–Trinajstić information content (AvgIpc) is 2.32. The number of amides is 1. The molecule has 2 rings (SSSR count). The summed E-state index contributed by atoms with van der Waals surface area (Å²) in [5.74, 6) is 0.307. The fraction of sp³-hybridized carbons (Fsp3) is 0.588. The molecule has 1 aliphatic rings. The van der Waals surface area contributed by atoms with Crippen LogP contribution in [-0.4, -0.2) is 5.91 Å². The third-order valence-electron chi connectivity index (χ3n) is 4.57. The quantitative estimate of drug-likeness (QED) is 0.787. The van der Waals surface area contributed by atoms with Gasteiger partial charge in [0.25, 0.3) is 0 Å². The number of benzene rings is 1. The lowest BCUT2D eigenvalue weighted by Gasteiger charge is -2.37. The lowest BCUT2D eigenvalue weighted by Crippen LogP contribution is -2.37. The monoisotopic (exact) mass is 337 g/mol. The van der Waals surface area contributed by atoms with Crippen LogP contribution in [-0.2, 0) is 4.79 Å². The third-order valence-corrected chi connectivity index (χ3v) is 5.03. The Morgan fingerprint density at radius 1 is 1.25 bits per heavy atom. The zero-order valence-electron chi connectivity index (χ0n) is 12.8. The summed E-state index contributed by atoms with van der Waals surface area (Å²) >= 11 is 3.50. The van der Waals surface area contributed by atoms with Gasteiger partial charge in [-0.2, -0.15) is 0 Å². The van der Waals surface area contributed by atoms with E-state index in [0.717, 1.165) is 34.1 Å². The van der Waals surface area contributed by atoms with Gasteiger partial charge < -0.3 is 5.32 Å². The van der Waals surface area contributed by atoms with Crippen LogP contribution in [0.25, 0.3) is 0 Å². The van der Waals surface area contributed by atoms with Gasteiger partial charge >= 0.3 is 0 Å². The molecule has 0 aromatic heterocycles. The van der Waals surface area contributed by atoms with Gasteiger partial charge in [-0.25, -0.2) is 0 Å². The van der Waals surface area contributed by atoms with E-state index in [1.165, 1.54) is 12.8 Å². The molecule has 3 heteroatoms. The normalized spacial score (nSPS) is 21.6. The van der Waals surface area contributed by atoms with E-state index in [0.29, 0.717) is 0 Å². The highest BCUT2D eigenvalue weighted by atomic mass is 79.9. The van der Waals surface area contributed by atoms with Crippen LogP contribution in [0.3, 0.4) is 0 Å². The molecule has 20 heavy (non-hydrogen) atoms. The van der Waals surface area contributed by atoms with Crippen molar-refractivity contribution in [3.8, 4) is 0 Å². The van der Waals surface area contributed by atoms with Crippen molar-refractivity contribution in [1.82, 2.24) is 0 Å². The van der Waals surface area contributed by atoms with E-state index >= 15 is 0 Å². The van der Waals surface area contributed by atoms with E-state index < -0.39 is 0 Å². The molecule has 0 bridgehead atoms. The topological polar surface area (TPSA) is 29.1 Å². The summed E-state index contributed by atoms with van der Waals surface area (Å²) in [6, 6.07) is 4.10. The first-order valence-corrected chi connectivity index (χ1v) is 8.18. The number of hydrogen-bond donors (Lipinski definition) is 1. The smallest absolute Gasteiger partial charge is 0.228 e. The van der Waals surface area contributed by atoms with Gasteiger partial charge in [0.15, 0.2) is 0 Å². The Hall–Kier alpha value is -0.830. The Labute approximate surface area is 130 Å². The molecule has 1 aromatic carbocycles. The number of aryl methyl sites for hydroxylation is 2. The largest absolute Gasteiger partial charge is 0.325 e. The zero-order valence-corrected chi connectivity index (χ0v) is 14.4. The Balaban J connectivity index is 2.20. The number of nitrogens with one attached hydrogen (secondary N) is 1. The van der Waals surface area contributed by atoms with Crippen LogP contribution in [0.15, 0.2) is 16.6 Å². The standard InChI is InChI=1S/C17H24BrNO/c1-11-9-13(18)10-12(2)15(11)19-16(20)14-7-5-6-8-17(14,3)4/h9-10,14H,5-8H2,1-4H3,(H,19,20). The molecule has 0 saturated heterocycles. The van der Waals surface area contributed by atoms with Crippen LogP contribution in [0.2, 0.25) is 0 Å². The van der Waals surface area contributed by atoms with Crippen molar-refractivity contribution in [3.05, 3.63) is 27.7 Å². The molecule has 2 nitrogen and oxygen atoms in total. The predicted molar refractivity (Wildman–Crippen MR) is 88.0 cm³/mol. The SMILES string of the molecule is Cc1cc(Br)cc(C)c1NC(=O)C1CCCCC1(C)C. The van der Waals surface area contributed by atoms with Gasteiger partial charge in [-0.15, -0.1) is 0 Å². The minimum Gasteiger partial charge on any atom is -0.325 e. The van der Waals surface area contributed by atoms with Crippen molar-refractivity contribution in [3.63, 3.8) is 0 Å². The van der Waals surface area contributed by atoms with E-state index in [1.54, 1.807) is 0 Å². The second-order valence-electron chi connectivity index (χ2n) is 6.69. The van der Waals surface area contributed by atoms with Gasteiger partial charge in [0.1, 0.15) is 0 Å². The lowest BCUT2D eigenvalue weighted by molar-refractivity contribution is -0.124. The summed E-state index contributed by atoms with van der Waals surface area (Å²) in [7, 11) is 0. The number of rotatable bonds is 2. The molecule has 0 aliphatic heterocycles. The second-order valence-corrected chi connectivity index (χ2v) is 7.61. The molecule has 1 amide bonds. The molecule has 1 saturated carbocycles. The van der Waals surface area contributed by atoms with Crippen molar-refractivity contribution < 1.29 is 4.79 Å². The predicted octanol–water partition coefficient (Wildman–Crippen LogP) is 5.22. The van der Waals surface area contributed by atoms with Crippen LogP contribution in [0.4, 0.5) is 5.69 Å². The Morgan fingerprint density at radius 2 is 1.85 bits per heavy atom. The van der Waals surface area contributed by atoms with E-state index in [4.69, 9.17) is 0 Å². The molecule has 0 radical (unpaired) electrons. The van der Waals surface area contributed by atoms with Crippen molar-refractivity contribution in [2.45, 2.75) is 53.4 Å². The molecule has 1 aromatic rings. The van der Waals surface area contributed by atoms with Crippen molar-refractivity contribution in [2.24, 2.45) is 11.3 Å². The van der Waals surface area contributed by atoms with Gasteiger partial charge in [-0.1, -0.05) is 42.6 Å². The number of anilines is 1. The molecule has 1 N–H and O–H groups in total. The first-order chi connectivity index (χ1) is 9.31. The summed E-state index contributed by atoms with van der Waals surface area (Å²) in [5, 5.41) is 3.17.